The maximum absolute atomic E-state index is 12.8. The number of ether oxygens (including phenoxy) is 1. The molecule has 0 heterocycles. The Hall–Kier alpha value is -1.60. The summed E-state index contributed by atoms with van der Waals surface area (Å²) in [5.74, 6) is 0.397. The molecule has 0 unspecified atom stereocenters. The number of benzene rings is 1. The van der Waals surface area contributed by atoms with Crippen molar-refractivity contribution in [2.45, 2.75) is 50.5 Å². The second-order valence-electron chi connectivity index (χ2n) is 6.11. The van der Waals surface area contributed by atoms with Gasteiger partial charge in [0.2, 0.25) is 15.9 Å². The topological polar surface area (TPSA) is 75.7 Å². The Morgan fingerprint density at radius 2 is 2.00 bits per heavy atom. The summed E-state index contributed by atoms with van der Waals surface area (Å²) in [4.78, 5) is 12.4. The summed E-state index contributed by atoms with van der Waals surface area (Å²) >= 11 is 0. The number of sulfonamides is 1. The van der Waals surface area contributed by atoms with Gasteiger partial charge in [-0.3, -0.25) is 4.79 Å². The van der Waals surface area contributed by atoms with Gasteiger partial charge in [0.25, 0.3) is 0 Å². The number of methoxy groups -OCH3 is 1. The minimum absolute atomic E-state index is 0.152. The zero-order valence-corrected chi connectivity index (χ0v) is 15.4. The van der Waals surface area contributed by atoms with Crippen molar-refractivity contribution in [1.29, 1.82) is 0 Å². The Morgan fingerprint density at radius 3 is 2.54 bits per heavy atom. The molecule has 7 heteroatoms. The number of hydrogen-bond acceptors (Lipinski definition) is 4. The van der Waals surface area contributed by atoms with Gasteiger partial charge in [-0.05, 0) is 43.5 Å². The van der Waals surface area contributed by atoms with Crippen molar-refractivity contribution in [3.05, 3.63) is 23.8 Å². The highest BCUT2D eigenvalue weighted by atomic mass is 32.2. The normalized spacial score (nSPS) is 15.7. The van der Waals surface area contributed by atoms with E-state index in [-0.39, 0.29) is 29.9 Å². The number of aryl methyl sites for hydroxylation is 1. The number of hydrogen-bond donors (Lipinski definition) is 1. The number of nitrogens with one attached hydrogen (secondary N) is 1. The minimum atomic E-state index is -3.71. The molecule has 1 saturated carbocycles. The largest absolute Gasteiger partial charge is 0.496 e. The van der Waals surface area contributed by atoms with E-state index >= 15 is 0 Å². The van der Waals surface area contributed by atoms with E-state index in [2.05, 4.69) is 5.32 Å². The van der Waals surface area contributed by atoms with Gasteiger partial charge < -0.3 is 10.1 Å². The maximum atomic E-state index is 12.8. The first-order chi connectivity index (χ1) is 11.4. The Labute approximate surface area is 144 Å². The van der Waals surface area contributed by atoms with Crippen molar-refractivity contribution in [2.75, 3.05) is 20.2 Å². The van der Waals surface area contributed by atoms with Crippen molar-refractivity contribution in [1.82, 2.24) is 9.62 Å². The highest BCUT2D eigenvalue weighted by Crippen LogP contribution is 2.24. The summed E-state index contributed by atoms with van der Waals surface area (Å²) in [6.45, 7) is 3.61. The predicted molar refractivity (Wildman–Crippen MR) is 92.6 cm³/mol. The zero-order valence-electron chi connectivity index (χ0n) is 14.5. The average molecular weight is 354 g/mol. The summed E-state index contributed by atoms with van der Waals surface area (Å²) in [7, 11) is -2.17. The van der Waals surface area contributed by atoms with E-state index in [0.29, 0.717) is 5.75 Å². The molecule has 1 amide bonds. The number of rotatable bonds is 7. The molecule has 6 nitrogen and oxygen atoms in total. The van der Waals surface area contributed by atoms with Gasteiger partial charge in [-0.1, -0.05) is 19.8 Å². The maximum Gasteiger partial charge on any atom is 0.243 e. The molecule has 0 atom stereocenters. The Kier molecular flexibility index (Phi) is 6.23. The van der Waals surface area contributed by atoms with Crippen LogP contribution in [0.3, 0.4) is 0 Å². The molecule has 134 valence electrons. The summed E-state index contributed by atoms with van der Waals surface area (Å²) in [5, 5.41) is 2.93. The molecule has 1 N–H and O–H groups in total. The highest BCUT2D eigenvalue weighted by Gasteiger charge is 2.27. The second kappa shape index (κ2) is 7.98. The molecule has 1 aliphatic carbocycles. The molecule has 1 aromatic carbocycles. The second-order valence-corrected chi connectivity index (χ2v) is 8.05. The van der Waals surface area contributed by atoms with Gasteiger partial charge in [0.15, 0.2) is 0 Å². The first kappa shape index (κ1) is 18.7. The smallest absolute Gasteiger partial charge is 0.243 e. The number of carbonyl (C=O) groups is 1. The van der Waals surface area contributed by atoms with Crippen LogP contribution in [0, 0.1) is 6.92 Å². The van der Waals surface area contributed by atoms with Gasteiger partial charge in [0, 0.05) is 12.6 Å². The third kappa shape index (κ3) is 4.27. The molecule has 1 aliphatic rings. The SMILES string of the molecule is CCN(CC(=O)NC1CCCC1)S(=O)(=O)c1ccc(OC)c(C)c1. The van der Waals surface area contributed by atoms with Crippen LogP contribution in [0.2, 0.25) is 0 Å². The summed E-state index contributed by atoms with van der Waals surface area (Å²) in [6, 6.07) is 4.90. The molecular weight excluding hydrogens is 328 g/mol. The van der Waals surface area contributed by atoms with E-state index in [1.807, 2.05) is 0 Å². The fourth-order valence-electron chi connectivity index (χ4n) is 3.03. The summed E-state index contributed by atoms with van der Waals surface area (Å²) < 4.78 is 32.0. The third-order valence-electron chi connectivity index (χ3n) is 4.40. The minimum Gasteiger partial charge on any atom is -0.496 e. The molecule has 2 rings (SSSR count). The summed E-state index contributed by atoms with van der Waals surface area (Å²) in [6.07, 6.45) is 4.18. The van der Waals surface area contributed by atoms with Crippen LogP contribution in [0.25, 0.3) is 0 Å². The van der Waals surface area contributed by atoms with Crippen LogP contribution in [0.5, 0.6) is 5.75 Å². The van der Waals surface area contributed by atoms with Crippen LogP contribution in [0.4, 0.5) is 0 Å². The molecule has 24 heavy (non-hydrogen) atoms. The number of carbonyl (C=O) groups excluding carboxylic acids is 1. The molecular formula is C17H26N2O4S. The van der Waals surface area contributed by atoms with E-state index in [9.17, 15) is 13.2 Å². The van der Waals surface area contributed by atoms with Crippen LogP contribution in [-0.4, -0.2) is 44.9 Å². The molecule has 0 aliphatic heterocycles. The van der Waals surface area contributed by atoms with E-state index in [1.54, 1.807) is 33.1 Å². The van der Waals surface area contributed by atoms with Crippen molar-refractivity contribution >= 4 is 15.9 Å². The van der Waals surface area contributed by atoms with Crippen LogP contribution < -0.4 is 10.1 Å². The van der Waals surface area contributed by atoms with Crippen molar-refractivity contribution in [3.8, 4) is 5.75 Å². The Balaban J connectivity index is 2.12. The van der Waals surface area contributed by atoms with E-state index in [4.69, 9.17) is 4.74 Å². The van der Waals surface area contributed by atoms with Crippen LogP contribution in [0.15, 0.2) is 23.1 Å². The molecule has 0 aromatic heterocycles. The van der Waals surface area contributed by atoms with Gasteiger partial charge in [-0.2, -0.15) is 4.31 Å². The lowest BCUT2D eigenvalue weighted by Crippen LogP contribution is -2.43. The monoisotopic (exact) mass is 354 g/mol. The highest BCUT2D eigenvalue weighted by molar-refractivity contribution is 7.89. The van der Waals surface area contributed by atoms with Gasteiger partial charge in [0.05, 0.1) is 18.6 Å². The Morgan fingerprint density at radius 1 is 1.33 bits per heavy atom. The molecule has 0 spiro atoms. The lowest BCUT2D eigenvalue weighted by molar-refractivity contribution is -0.121. The van der Waals surface area contributed by atoms with E-state index in [1.165, 1.54) is 10.4 Å². The molecule has 0 radical (unpaired) electrons. The lowest BCUT2D eigenvalue weighted by atomic mass is 10.2. The zero-order chi connectivity index (χ0) is 17.7. The van der Waals surface area contributed by atoms with Crippen LogP contribution in [-0.2, 0) is 14.8 Å². The fraction of sp³-hybridized carbons (Fsp3) is 0.588. The van der Waals surface area contributed by atoms with E-state index < -0.39 is 10.0 Å². The van der Waals surface area contributed by atoms with Gasteiger partial charge >= 0.3 is 0 Å². The molecule has 1 aromatic rings. The van der Waals surface area contributed by atoms with Gasteiger partial charge in [0.1, 0.15) is 5.75 Å². The van der Waals surface area contributed by atoms with Crippen LogP contribution >= 0.6 is 0 Å². The van der Waals surface area contributed by atoms with Gasteiger partial charge in [-0.15, -0.1) is 0 Å². The number of amides is 1. The first-order valence-electron chi connectivity index (χ1n) is 8.32. The summed E-state index contributed by atoms with van der Waals surface area (Å²) in [5.41, 5.74) is 0.741. The quantitative estimate of drug-likeness (QED) is 0.813. The fourth-order valence-corrected chi connectivity index (χ4v) is 4.52. The predicted octanol–water partition coefficient (Wildman–Crippen LogP) is 2.07. The lowest BCUT2D eigenvalue weighted by Gasteiger charge is -2.22. The standard InChI is InChI=1S/C17H26N2O4S/c1-4-19(12-17(20)18-14-7-5-6-8-14)24(21,22)15-9-10-16(23-3)13(2)11-15/h9-11,14H,4-8,12H2,1-3H3,(H,18,20). The number of likely N-dealkylation sites (N-methyl/N-ethyl adjacent to an activating group) is 1. The molecule has 0 saturated heterocycles. The van der Waals surface area contributed by atoms with Crippen LogP contribution in [0.1, 0.15) is 38.2 Å². The van der Waals surface area contributed by atoms with Crippen molar-refractivity contribution in [2.24, 2.45) is 0 Å². The third-order valence-corrected chi connectivity index (χ3v) is 6.31. The Bertz CT molecular complexity index is 682. The van der Waals surface area contributed by atoms with Crippen molar-refractivity contribution in [3.63, 3.8) is 0 Å². The first-order valence-corrected chi connectivity index (χ1v) is 9.76. The molecule has 0 bridgehead atoms. The van der Waals surface area contributed by atoms with E-state index in [0.717, 1.165) is 31.2 Å². The average Bonchev–Trinajstić information content (AvgIpc) is 3.05. The molecule has 1 fully saturated rings. The number of nitrogens with zero attached hydrogens (tertiary/aromatic N) is 1. The van der Waals surface area contributed by atoms with Crippen molar-refractivity contribution < 1.29 is 17.9 Å². The van der Waals surface area contributed by atoms with Gasteiger partial charge in [-0.25, -0.2) is 8.42 Å².